The number of fused-ring (bicyclic) bond motifs is 7. The number of methoxy groups -OCH3 is 3. The number of aliphatic hydroxyl groups is 2. The molecular formula is C35H38N2O11. The lowest BCUT2D eigenvalue weighted by atomic mass is 9.76. The number of rotatable bonds is 7. The van der Waals surface area contributed by atoms with Crippen molar-refractivity contribution in [3.8, 4) is 23.0 Å². The highest BCUT2D eigenvalue weighted by Gasteiger charge is 2.61. The maximum Gasteiger partial charge on any atom is 0.410 e. The van der Waals surface area contributed by atoms with Gasteiger partial charge in [0.2, 0.25) is 12.7 Å². The molecule has 2 fully saturated rings. The number of benzene rings is 3. The molecule has 13 nitrogen and oxygen atoms in total. The van der Waals surface area contributed by atoms with Crippen LogP contribution in [0.3, 0.4) is 0 Å². The van der Waals surface area contributed by atoms with Crippen LogP contribution in [0.15, 0.2) is 42.5 Å². The molecule has 254 valence electrons. The fourth-order valence-corrected chi connectivity index (χ4v) is 7.72. The van der Waals surface area contributed by atoms with Crippen molar-refractivity contribution >= 4 is 12.0 Å². The second-order valence-corrected chi connectivity index (χ2v) is 12.3. The number of ether oxygens (including phenoxy) is 7. The van der Waals surface area contributed by atoms with Crippen molar-refractivity contribution in [3.05, 3.63) is 81.4 Å². The van der Waals surface area contributed by atoms with E-state index in [2.05, 4.69) is 0 Å². The minimum atomic E-state index is -1.70. The van der Waals surface area contributed by atoms with Crippen LogP contribution in [0.2, 0.25) is 0 Å². The van der Waals surface area contributed by atoms with Crippen LogP contribution < -0.4 is 18.9 Å². The molecule has 2 saturated heterocycles. The Kier molecular flexibility index (Phi) is 8.32. The molecule has 2 bridgehead atoms. The van der Waals surface area contributed by atoms with E-state index < -0.39 is 48.7 Å². The van der Waals surface area contributed by atoms with Gasteiger partial charge in [0, 0.05) is 30.2 Å². The Morgan fingerprint density at radius 2 is 1.73 bits per heavy atom. The monoisotopic (exact) mass is 662 g/mol. The van der Waals surface area contributed by atoms with Gasteiger partial charge in [-0.15, -0.1) is 0 Å². The number of aliphatic hydroxyl groups excluding tert-OH is 2. The maximum atomic E-state index is 14.7. The van der Waals surface area contributed by atoms with Gasteiger partial charge in [-0.3, -0.25) is 9.69 Å². The summed E-state index contributed by atoms with van der Waals surface area (Å²) in [4.78, 5) is 31.0. The van der Waals surface area contributed by atoms with E-state index in [0.29, 0.717) is 45.3 Å². The van der Waals surface area contributed by atoms with Crippen LogP contribution in [0.1, 0.15) is 51.0 Å². The van der Waals surface area contributed by atoms with E-state index in [0.717, 1.165) is 16.7 Å². The maximum absolute atomic E-state index is 14.7. The Morgan fingerprint density at radius 3 is 2.44 bits per heavy atom. The standard InChI is InChI=1S/C35H38N2O11/c1-17-11-20-12-23-32(38)37-26(21-13-24(18(2)30-31(21)47-16-46-30)45-14-19-9-7-6-8-10-19)33(39)48-34(40)28(37)27(36(23)35(41)44-5)25(20)22(15-42-3)29(17)43-4/h6-11,13,23,26-28,33-34,39-40H,12,14-16H2,1-5H3. The smallest absolute Gasteiger partial charge is 0.410 e. The van der Waals surface area contributed by atoms with Crippen molar-refractivity contribution < 1.29 is 53.0 Å². The molecule has 6 unspecified atom stereocenters. The first-order valence-corrected chi connectivity index (χ1v) is 15.7. The van der Waals surface area contributed by atoms with Crippen molar-refractivity contribution in [2.45, 2.75) is 70.2 Å². The third kappa shape index (κ3) is 4.91. The Balaban J connectivity index is 1.39. The molecule has 2 N–H and O–H groups in total. The van der Waals surface area contributed by atoms with Gasteiger partial charge in [0.05, 0.1) is 26.9 Å². The highest BCUT2D eigenvalue weighted by Crippen LogP contribution is 2.54. The lowest BCUT2D eigenvalue weighted by Gasteiger charge is -2.59. The van der Waals surface area contributed by atoms with E-state index in [-0.39, 0.29) is 26.4 Å². The van der Waals surface area contributed by atoms with Crippen LogP contribution in [0.25, 0.3) is 0 Å². The SMILES string of the molecule is COCc1c(OC)c(C)cc2c1C1C3C(O)OC(O)C(c4cc(OCc5ccccc5)c(C)c5c4OCO5)N3C(=O)C(C2)N1C(=O)OC. The summed E-state index contributed by atoms with van der Waals surface area (Å²) in [6.45, 7) is 4.05. The molecular weight excluding hydrogens is 624 g/mol. The zero-order valence-corrected chi connectivity index (χ0v) is 27.3. The van der Waals surface area contributed by atoms with Crippen LogP contribution in [0.4, 0.5) is 4.79 Å². The number of carbonyl (C=O) groups excluding carboxylic acids is 2. The molecule has 3 aromatic carbocycles. The Hall–Kier alpha value is -4.56. The summed E-state index contributed by atoms with van der Waals surface area (Å²) < 4.78 is 40.5. The molecule has 0 aliphatic carbocycles. The molecule has 3 aromatic rings. The lowest BCUT2D eigenvalue weighted by Crippen LogP contribution is -2.73. The molecule has 2 amide bonds. The van der Waals surface area contributed by atoms with Gasteiger partial charge in [-0.1, -0.05) is 36.4 Å². The third-order valence-electron chi connectivity index (χ3n) is 9.67. The summed E-state index contributed by atoms with van der Waals surface area (Å²) >= 11 is 0. The highest BCUT2D eigenvalue weighted by molar-refractivity contribution is 5.90. The molecule has 0 radical (unpaired) electrons. The van der Waals surface area contributed by atoms with Gasteiger partial charge in [0.25, 0.3) is 0 Å². The fraction of sp³-hybridized carbons (Fsp3) is 0.429. The third-order valence-corrected chi connectivity index (χ3v) is 9.67. The van der Waals surface area contributed by atoms with Crippen molar-refractivity contribution in [3.63, 3.8) is 0 Å². The van der Waals surface area contributed by atoms with Gasteiger partial charge >= 0.3 is 6.09 Å². The zero-order chi connectivity index (χ0) is 33.9. The normalized spacial score (nSPS) is 25.4. The Morgan fingerprint density at radius 1 is 0.979 bits per heavy atom. The van der Waals surface area contributed by atoms with E-state index in [1.165, 1.54) is 16.9 Å². The minimum absolute atomic E-state index is 0.0801. The van der Waals surface area contributed by atoms with Gasteiger partial charge in [-0.2, -0.15) is 0 Å². The highest BCUT2D eigenvalue weighted by atomic mass is 16.7. The van der Waals surface area contributed by atoms with E-state index in [4.69, 9.17) is 33.2 Å². The number of hydrogen-bond acceptors (Lipinski definition) is 11. The summed E-state index contributed by atoms with van der Waals surface area (Å²) in [5.41, 5.74) is 4.97. The van der Waals surface area contributed by atoms with Gasteiger partial charge in [0.1, 0.15) is 36.2 Å². The lowest BCUT2D eigenvalue weighted by molar-refractivity contribution is -0.304. The number of amides is 2. The van der Waals surface area contributed by atoms with Gasteiger partial charge in [-0.25, -0.2) is 4.79 Å². The molecule has 4 heterocycles. The van der Waals surface area contributed by atoms with Crippen LogP contribution in [0, 0.1) is 13.8 Å². The first kappa shape index (κ1) is 32.0. The second-order valence-electron chi connectivity index (χ2n) is 12.3. The van der Waals surface area contributed by atoms with Gasteiger partial charge in [-0.05, 0) is 42.2 Å². The van der Waals surface area contributed by atoms with E-state index in [1.54, 1.807) is 20.3 Å². The molecule has 7 rings (SSSR count). The molecule has 13 heteroatoms. The first-order valence-electron chi connectivity index (χ1n) is 15.7. The summed E-state index contributed by atoms with van der Waals surface area (Å²) in [5.74, 6) is 1.27. The average molecular weight is 663 g/mol. The Labute approximate surface area is 277 Å². The van der Waals surface area contributed by atoms with Gasteiger partial charge < -0.3 is 48.3 Å². The van der Waals surface area contributed by atoms with E-state index >= 15 is 0 Å². The predicted octanol–water partition coefficient (Wildman–Crippen LogP) is 3.42. The number of hydrogen-bond donors (Lipinski definition) is 2. The van der Waals surface area contributed by atoms with Crippen LogP contribution in [-0.4, -0.2) is 84.8 Å². The van der Waals surface area contributed by atoms with Crippen molar-refractivity contribution in [2.75, 3.05) is 28.1 Å². The average Bonchev–Trinajstić information content (AvgIpc) is 3.58. The van der Waals surface area contributed by atoms with E-state index in [1.807, 2.05) is 50.2 Å². The molecule has 0 spiro atoms. The van der Waals surface area contributed by atoms with Crippen LogP contribution in [-0.2, 0) is 38.6 Å². The topological polar surface area (TPSA) is 146 Å². The molecule has 0 saturated carbocycles. The molecule has 4 aliphatic rings. The van der Waals surface area contributed by atoms with Crippen molar-refractivity contribution in [1.29, 1.82) is 0 Å². The van der Waals surface area contributed by atoms with Crippen LogP contribution >= 0.6 is 0 Å². The Bertz CT molecular complexity index is 1750. The molecule has 4 aliphatic heterocycles. The number of aryl methyl sites for hydroxylation is 1. The van der Waals surface area contributed by atoms with Crippen molar-refractivity contribution in [1.82, 2.24) is 9.80 Å². The molecule has 6 atom stereocenters. The van der Waals surface area contributed by atoms with Crippen LogP contribution in [0.5, 0.6) is 23.0 Å². The number of nitrogens with zero attached hydrogens (tertiary/aromatic N) is 2. The quantitative estimate of drug-likeness (QED) is 0.384. The summed E-state index contributed by atoms with van der Waals surface area (Å²) in [7, 11) is 4.35. The number of carbonyl (C=O) groups is 2. The minimum Gasteiger partial charge on any atom is -0.496 e. The zero-order valence-electron chi connectivity index (χ0n) is 27.3. The largest absolute Gasteiger partial charge is 0.496 e. The van der Waals surface area contributed by atoms with Gasteiger partial charge in [0.15, 0.2) is 24.1 Å². The summed E-state index contributed by atoms with van der Waals surface area (Å²) in [6.07, 6.45) is -3.96. The van der Waals surface area contributed by atoms with Crippen molar-refractivity contribution in [2.24, 2.45) is 0 Å². The predicted molar refractivity (Wildman–Crippen MR) is 167 cm³/mol. The summed E-state index contributed by atoms with van der Waals surface area (Å²) in [5, 5.41) is 23.1. The molecule has 0 aromatic heterocycles. The second kappa shape index (κ2) is 12.5. The first-order chi connectivity index (χ1) is 23.2. The van der Waals surface area contributed by atoms with E-state index in [9.17, 15) is 19.8 Å². The number of morpholine rings is 1. The summed E-state index contributed by atoms with van der Waals surface area (Å²) in [6, 6.07) is 8.95. The number of piperazine rings is 1. The molecule has 48 heavy (non-hydrogen) atoms. The fourth-order valence-electron chi connectivity index (χ4n) is 7.72.